The molecule has 0 saturated heterocycles. The Bertz CT molecular complexity index is 560. The van der Waals surface area contributed by atoms with E-state index in [0.717, 1.165) is 0 Å². The molecule has 0 heterocycles. The Hall–Kier alpha value is -2.19. The molecule has 122 valence electrons. The predicted octanol–water partition coefficient (Wildman–Crippen LogP) is 0.168. The molecule has 0 amide bonds. The van der Waals surface area contributed by atoms with E-state index in [1.807, 2.05) is 0 Å². The highest BCUT2D eigenvalue weighted by atomic mass is 19.1. The van der Waals surface area contributed by atoms with Crippen LogP contribution < -0.4 is 0 Å². The Morgan fingerprint density at radius 2 is 1.55 bits per heavy atom. The van der Waals surface area contributed by atoms with Gasteiger partial charge in [0.15, 0.2) is 0 Å². The predicted molar refractivity (Wildman–Crippen MR) is 65.6 cm³/mol. The molecule has 0 spiro atoms. The highest BCUT2D eigenvalue weighted by Crippen LogP contribution is 2.62. The summed E-state index contributed by atoms with van der Waals surface area (Å²) in [4.78, 5) is 44.9. The fraction of sp³-hybridized carbons (Fsp3) is 0.692. The largest absolute Gasteiger partial charge is 0.481 e. The van der Waals surface area contributed by atoms with Gasteiger partial charge >= 0.3 is 23.9 Å². The maximum Gasteiger partial charge on any atom is 0.342 e. The van der Waals surface area contributed by atoms with Crippen molar-refractivity contribution >= 4 is 23.9 Å². The number of hydrogen-bond acceptors (Lipinski definition) is 4. The molecule has 0 radical (unpaired) electrons. The number of alkyl halides is 1. The maximum atomic E-state index is 14.7. The second-order valence-corrected chi connectivity index (χ2v) is 5.98. The quantitative estimate of drug-likeness (QED) is 0.573. The molecule has 0 aromatic heterocycles. The van der Waals surface area contributed by atoms with Crippen LogP contribution in [-0.4, -0.2) is 50.0 Å². The van der Waals surface area contributed by atoms with Crippen molar-refractivity contribution in [2.24, 2.45) is 35.5 Å². The van der Waals surface area contributed by atoms with E-state index in [1.54, 1.807) is 0 Å². The minimum atomic E-state index is -3.07. The summed E-state index contributed by atoms with van der Waals surface area (Å²) in [5.41, 5.74) is -3.07. The summed E-state index contributed by atoms with van der Waals surface area (Å²) in [5, 5.41) is 36.5. The van der Waals surface area contributed by atoms with E-state index in [0.29, 0.717) is 0 Å². The molecule has 9 heteroatoms. The van der Waals surface area contributed by atoms with Crippen LogP contribution in [0.4, 0.5) is 4.39 Å². The summed E-state index contributed by atoms with van der Waals surface area (Å²) in [6.45, 7) is 1.34. The molecule has 2 saturated carbocycles. The molecular weight excluding hydrogens is 303 g/mol. The van der Waals surface area contributed by atoms with E-state index in [9.17, 15) is 28.7 Å². The zero-order chi connectivity index (χ0) is 17.0. The standard InChI is InChI=1S/C13H15FO8/c1-3-6(10(17)18)4(9(15)16)2-5-7(3)8(11(19)20)13(5,14)12(21)22/h3-8H,2H2,1H3,(H,15,16)(H,17,18)(H,19,20)(H,21,22). The summed E-state index contributed by atoms with van der Waals surface area (Å²) in [6, 6.07) is 0. The smallest absolute Gasteiger partial charge is 0.342 e. The summed E-state index contributed by atoms with van der Waals surface area (Å²) < 4.78 is 14.7. The monoisotopic (exact) mass is 318 g/mol. The van der Waals surface area contributed by atoms with Gasteiger partial charge in [-0.3, -0.25) is 14.4 Å². The van der Waals surface area contributed by atoms with Gasteiger partial charge < -0.3 is 20.4 Å². The zero-order valence-corrected chi connectivity index (χ0v) is 11.5. The number of fused-ring (bicyclic) bond motifs is 1. The van der Waals surface area contributed by atoms with E-state index >= 15 is 0 Å². The normalized spacial score (nSPS) is 43.5. The number of aliphatic carboxylic acids is 4. The Morgan fingerprint density at radius 1 is 1.00 bits per heavy atom. The first-order valence-corrected chi connectivity index (χ1v) is 6.65. The van der Waals surface area contributed by atoms with Gasteiger partial charge in [-0.05, 0) is 18.3 Å². The van der Waals surface area contributed by atoms with Crippen molar-refractivity contribution in [3.05, 3.63) is 0 Å². The average molecular weight is 318 g/mol. The Labute approximate surface area is 123 Å². The summed E-state index contributed by atoms with van der Waals surface area (Å²) >= 11 is 0. The first kappa shape index (κ1) is 16.2. The number of halogens is 1. The van der Waals surface area contributed by atoms with Crippen molar-refractivity contribution in [1.29, 1.82) is 0 Å². The van der Waals surface area contributed by atoms with Crippen molar-refractivity contribution in [2.75, 3.05) is 0 Å². The lowest BCUT2D eigenvalue weighted by molar-refractivity contribution is -0.229. The Kier molecular flexibility index (Phi) is 3.62. The summed E-state index contributed by atoms with van der Waals surface area (Å²) in [7, 11) is 0. The Balaban J connectivity index is 2.46. The van der Waals surface area contributed by atoms with Crippen LogP contribution in [0.2, 0.25) is 0 Å². The minimum absolute atomic E-state index is 0.506. The van der Waals surface area contributed by atoms with E-state index in [4.69, 9.17) is 15.3 Å². The summed E-state index contributed by atoms with van der Waals surface area (Å²) in [6.07, 6.45) is -0.506. The van der Waals surface area contributed by atoms with Crippen molar-refractivity contribution < 1.29 is 44.0 Å². The maximum absolute atomic E-state index is 14.7. The second-order valence-electron chi connectivity index (χ2n) is 5.98. The number of rotatable bonds is 4. The third kappa shape index (κ3) is 1.87. The molecule has 8 nitrogen and oxygen atoms in total. The first-order chi connectivity index (χ1) is 10.0. The van der Waals surface area contributed by atoms with Crippen LogP contribution in [0.3, 0.4) is 0 Å². The van der Waals surface area contributed by atoms with Gasteiger partial charge in [-0.2, -0.15) is 0 Å². The fourth-order valence-electron chi connectivity index (χ4n) is 4.22. The van der Waals surface area contributed by atoms with E-state index in [1.165, 1.54) is 6.92 Å². The topological polar surface area (TPSA) is 149 Å². The molecule has 0 aromatic carbocycles. The second kappa shape index (κ2) is 4.92. The van der Waals surface area contributed by atoms with Gasteiger partial charge in [0.1, 0.15) is 5.92 Å². The fourth-order valence-corrected chi connectivity index (χ4v) is 4.22. The Morgan fingerprint density at radius 3 is 1.91 bits per heavy atom. The number of carbonyl (C=O) groups is 4. The third-order valence-corrected chi connectivity index (χ3v) is 5.15. The molecule has 2 aliphatic carbocycles. The molecule has 2 rings (SSSR count). The van der Waals surface area contributed by atoms with Gasteiger partial charge in [-0.1, -0.05) is 6.92 Å². The van der Waals surface area contributed by atoms with Gasteiger partial charge in [0.25, 0.3) is 0 Å². The van der Waals surface area contributed by atoms with Crippen LogP contribution in [0.25, 0.3) is 0 Å². The van der Waals surface area contributed by atoms with Gasteiger partial charge in [-0.25, -0.2) is 9.18 Å². The van der Waals surface area contributed by atoms with Crippen molar-refractivity contribution in [2.45, 2.75) is 19.0 Å². The van der Waals surface area contributed by atoms with Crippen LogP contribution in [0.1, 0.15) is 13.3 Å². The van der Waals surface area contributed by atoms with Crippen LogP contribution in [0.5, 0.6) is 0 Å². The zero-order valence-electron chi connectivity index (χ0n) is 11.5. The van der Waals surface area contributed by atoms with Gasteiger partial charge in [0, 0.05) is 5.92 Å². The van der Waals surface area contributed by atoms with E-state index < -0.39 is 71.5 Å². The first-order valence-electron chi connectivity index (χ1n) is 6.65. The highest BCUT2D eigenvalue weighted by molar-refractivity contribution is 5.90. The average Bonchev–Trinajstić information content (AvgIpc) is 2.36. The third-order valence-electron chi connectivity index (χ3n) is 5.15. The minimum Gasteiger partial charge on any atom is -0.481 e. The molecule has 22 heavy (non-hydrogen) atoms. The lowest BCUT2D eigenvalue weighted by Crippen LogP contribution is -2.71. The molecule has 7 unspecified atom stereocenters. The molecule has 0 aliphatic heterocycles. The number of hydrogen-bond donors (Lipinski definition) is 4. The summed E-state index contributed by atoms with van der Waals surface area (Å²) in [5.74, 6) is -14.5. The van der Waals surface area contributed by atoms with Crippen LogP contribution in [-0.2, 0) is 19.2 Å². The molecular formula is C13H15FO8. The van der Waals surface area contributed by atoms with E-state index in [2.05, 4.69) is 0 Å². The molecule has 2 fully saturated rings. The van der Waals surface area contributed by atoms with Crippen molar-refractivity contribution in [3.63, 3.8) is 0 Å². The van der Waals surface area contributed by atoms with Crippen LogP contribution in [0.15, 0.2) is 0 Å². The van der Waals surface area contributed by atoms with Crippen molar-refractivity contribution in [1.82, 2.24) is 0 Å². The van der Waals surface area contributed by atoms with Gasteiger partial charge in [-0.15, -0.1) is 0 Å². The highest BCUT2D eigenvalue weighted by Gasteiger charge is 2.75. The molecule has 2 aliphatic rings. The van der Waals surface area contributed by atoms with E-state index in [-0.39, 0.29) is 0 Å². The molecule has 0 aromatic rings. The van der Waals surface area contributed by atoms with Gasteiger partial charge in [0.05, 0.1) is 11.8 Å². The number of carboxylic acids is 4. The SMILES string of the molecule is CC1C(C(=O)O)C(C(=O)O)CC2C1C(C(=O)O)C2(F)C(=O)O. The molecule has 4 N–H and O–H groups in total. The molecule has 0 bridgehead atoms. The number of carboxylic acid groups (broad SMARTS) is 4. The van der Waals surface area contributed by atoms with Crippen molar-refractivity contribution in [3.8, 4) is 0 Å². The van der Waals surface area contributed by atoms with Gasteiger partial charge in [0.2, 0.25) is 5.67 Å². The lowest BCUT2D eigenvalue weighted by Gasteiger charge is -2.59. The van der Waals surface area contributed by atoms with Crippen LogP contribution in [0, 0.1) is 35.5 Å². The lowest BCUT2D eigenvalue weighted by atomic mass is 9.43. The van der Waals surface area contributed by atoms with Crippen LogP contribution >= 0.6 is 0 Å². The molecule has 7 atom stereocenters.